The molecule has 0 aromatic heterocycles. The highest BCUT2D eigenvalue weighted by molar-refractivity contribution is 7.89. The summed E-state index contributed by atoms with van der Waals surface area (Å²) in [7, 11) is -0.743. The van der Waals surface area contributed by atoms with Gasteiger partial charge < -0.3 is 14.2 Å². The second kappa shape index (κ2) is 9.96. The molecular weight excluding hydrogens is 440 g/mol. The fourth-order valence-corrected chi connectivity index (χ4v) is 4.96. The number of carbonyl (C=O) groups is 1. The van der Waals surface area contributed by atoms with Crippen molar-refractivity contribution in [2.75, 3.05) is 27.3 Å². The second-order valence-corrected chi connectivity index (χ2v) is 9.15. The van der Waals surface area contributed by atoms with Crippen molar-refractivity contribution in [3.8, 4) is 11.5 Å². The number of nitrogens with zero attached hydrogens (tertiary/aromatic N) is 2. The van der Waals surface area contributed by atoms with Crippen LogP contribution in [0.25, 0.3) is 0 Å². The van der Waals surface area contributed by atoms with E-state index in [4.69, 9.17) is 14.2 Å². The van der Waals surface area contributed by atoms with Gasteiger partial charge in [0.05, 0.1) is 30.0 Å². The molecule has 3 rings (SSSR count). The Bertz CT molecular complexity index is 1080. The largest absolute Gasteiger partial charge is 0.497 e. The topological polar surface area (TPSA) is 125 Å². The van der Waals surface area contributed by atoms with Crippen molar-refractivity contribution in [3.05, 3.63) is 58.1 Å². The van der Waals surface area contributed by atoms with E-state index in [1.54, 1.807) is 12.1 Å². The third kappa shape index (κ3) is 5.17. The standard InChI is InChI=1S/C21H24N2O8S/c1-29-18-4-6-19(7-5-18)32(27,28)22-11-9-15(10-12-22)21(24)31-14-16-13-17(23(25)26)3-8-20(16)30-2/h3-8,13,15H,9-12,14H2,1-2H3. The van der Waals surface area contributed by atoms with E-state index in [9.17, 15) is 23.3 Å². The van der Waals surface area contributed by atoms with Gasteiger partial charge in [0.15, 0.2) is 0 Å². The van der Waals surface area contributed by atoms with Crippen LogP contribution in [0.5, 0.6) is 11.5 Å². The van der Waals surface area contributed by atoms with Crippen LogP contribution in [0.3, 0.4) is 0 Å². The number of esters is 1. The maximum absolute atomic E-state index is 12.8. The molecule has 1 heterocycles. The van der Waals surface area contributed by atoms with Crippen molar-refractivity contribution in [3.63, 3.8) is 0 Å². The molecule has 1 fully saturated rings. The SMILES string of the molecule is COc1ccc(S(=O)(=O)N2CCC(C(=O)OCc3cc([N+](=O)[O-])ccc3OC)CC2)cc1. The molecule has 0 atom stereocenters. The molecule has 0 aliphatic carbocycles. The van der Waals surface area contributed by atoms with Gasteiger partial charge in [0.25, 0.3) is 5.69 Å². The lowest BCUT2D eigenvalue weighted by molar-refractivity contribution is -0.385. The molecule has 0 unspecified atom stereocenters. The lowest BCUT2D eigenvalue weighted by Crippen LogP contribution is -2.40. The minimum atomic E-state index is -3.67. The van der Waals surface area contributed by atoms with Gasteiger partial charge in [-0.1, -0.05) is 0 Å². The van der Waals surface area contributed by atoms with Gasteiger partial charge in [0, 0.05) is 30.8 Å². The van der Waals surface area contributed by atoms with Crippen molar-refractivity contribution in [1.29, 1.82) is 0 Å². The highest BCUT2D eigenvalue weighted by Gasteiger charge is 2.33. The number of benzene rings is 2. The van der Waals surface area contributed by atoms with Crippen LogP contribution in [-0.2, 0) is 26.2 Å². The summed E-state index contributed by atoms with van der Waals surface area (Å²) in [5.74, 6) is 0.0108. The molecule has 0 radical (unpaired) electrons. The molecule has 0 saturated carbocycles. The first-order valence-corrected chi connectivity index (χ1v) is 11.3. The molecule has 0 bridgehead atoms. The van der Waals surface area contributed by atoms with Crippen LogP contribution in [0.2, 0.25) is 0 Å². The Morgan fingerprint density at radius 1 is 1.09 bits per heavy atom. The van der Waals surface area contributed by atoms with Gasteiger partial charge in [-0.15, -0.1) is 0 Å². The molecule has 10 nitrogen and oxygen atoms in total. The van der Waals surface area contributed by atoms with E-state index >= 15 is 0 Å². The summed E-state index contributed by atoms with van der Waals surface area (Å²) >= 11 is 0. The Hall–Kier alpha value is -3.18. The molecule has 0 N–H and O–H groups in total. The van der Waals surface area contributed by atoms with E-state index < -0.39 is 26.8 Å². The van der Waals surface area contributed by atoms with Crippen LogP contribution in [0.1, 0.15) is 18.4 Å². The molecule has 172 valence electrons. The second-order valence-electron chi connectivity index (χ2n) is 7.21. The van der Waals surface area contributed by atoms with Crippen molar-refractivity contribution < 1.29 is 32.3 Å². The van der Waals surface area contributed by atoms with Crippen molar-refractivity contribution in [2.45, 2.75) is 24.3 Å². The van der Waals surface area contributed by atoms with Crippen LogP contribution < -0.4 is 9.47 Å². The molecular formula is C21H24N2O8S. The normalized spacial score (nSPS) is 15.2. The van der Waals surface area contributed by atoms with Crippen molar-refractivity contribution >= 4 is 21.7 Å². The molecule has 32 heavy (non-hydrogen) atoms. The molecule has 1 aliphatic heterocycles. The molecule has 1 saturated heterocycles. The molecule has 0 amide bonds. The number of piperidine rings is 1. The van der Waals surface area contributed by atoms with Crippen LogP contribution in [0.15, 0.2) is 47.4 Å². The Kier molecular flexibility index (Phi) is 7.31. The number of methoxy groups -OCH3 is 2. The number of non-ortho nitro benzene ring substituents is 1. The summed E-state index contributed by atoms with van der Waals surface area (Å²) in [5.41, 5.74) is 0.253. The lowest BCUT2D eigenvalue weighted by atomic mass is 9.98. The molecule has 1 aliphatic rings. The number of hydrogen-bond donors (Lipinski definition) is 0. The molecule has 0 spiro atoms. The lowest BCUT2D eigenvalue weighted by Gasteiger charge is -2.30. The van der Waals surface area contributed by atoms with Gasteiger partial charge >= 0.3 is 5.97 Å². The first-order chi connectivity index (χ1) is 15.3. The van der Waals surface area contributed by atoms with Gasteiger partial charge in [-0.05, 0) is 43.2 Å². The van der Waals surface area contributed by atoms with E-state index in [0.29, 0.717) is 29.9 Å². The van der Waals surface area contributed by atoms with Gasteiger partial charge in [-0.2, -0.15) is 4.31 Å². The number of ether oxygens (including phenoxy) is 3. The Morgan fingerprint density at radius 3 is 2.31 bits per heavy atom. The summed E-state index contributed by atoms with van der Waals surface area (Å²) in [6, 6.07) is 10.2. The first kappa shape index (κ1) is 23.5. The number of carbonyl (C=O) groups excluding carboxylic acids is 1. The summed E-state index contributed by atoms with van der Waals surface area (Å²) in [6.07, 6.45) is 0.639. The van der Waals surface area contributed by atoms with E-state index in [0.717, 1.165) is 0 Å². The van der Waals surface area contributed by atoms with Crippen LogP contribution >= 0.6 is 0 Å². The molecule has 2 aromatic rings. The van der Waals surface area contributed by atoms with E-state index in [-0.39, 0.29) is 30.3 Å². The monoisotopic (exact) mass is 464 g/mol. The van der Waals surface area contributed by atoms with Crippen LogP contribution in [0, 0.1) is 16.0 Å². The third-order valence-electron chi connectivity index (χ3n) is 5.33. The molecule has 2 aromatic carbocycles. The number of nitro benzene ring substituents is 1. The maximum atomic E-state index is 12.8. The average molecular weight is 464 g/mol. The van der Waals surface area contributed by atoms with Crippen LogP contribution in [-0.4, -0.2) is 50.9 Å². The predicted octanol–water partition coefficient (Wildman–Crippen LogP) is 2.76. The highest BCUT2D eigenvalue weighted by Crippen LogP contribution is 2.28. The zero-order chi connectivity index (χ0) is 23.3. The number of rotatable bonds is 8. The van der Waals surface area contributed by atoms with Crippen LogP contribution in [0.4, 0.5) is 5.69 Å². The van der Waals surface area contributed by atoms with E-state index in [2.05, 4.69) is 0 Å². The number of sulfonamides is 1. The summed E-state index contributed by atoms with van der Waals surface area (Å²) in [4.78, 5) is 23.1. The third-order valence-corrected chi connectivity index (χ3v) is 7.24. The predicted molar refractivity (Wildman–Crippen MR) is 114 cm³/mol. The quantitative estimate of drug-likeness (QED) is 0.332. The smallest absolute Gasteiger partial charge is 0.309 e. The fraction of sp³-hybridized carbons (Fsp3) is 0.381. The van der Waals surface area contributed by atoms with Gasteiger partial charge in [-0.3, -0.25) is 14.9 Å². The highest BCUT2D eigenvalue weighted by atomic mass is 32.2. The fourth-order valence-electron chi connectivity index (χ4n) is 3.49. The summed E-state index contributed by atoms with van der Waals surface area (Å²) in [6.45, 7) is 0.205. The minimum absolute atomic E-state index is 0.131. The van der Waals surface area contributed by atoms with Gasteiger partial charge in [0.2, 0.25) is 10.0 Å². The van der Waals surface area contributed by atoms with Gasteiger partial charge in [0.1, 0.15) is 18.1 Å². The summed E-state index contributed by atoms with van der Waals surface area (Å²) < 4.78 is 42.6. The van der Waals surface area contributed by atoms with E-state index in [1.165, 1.54) is 48.9 Å². The first-order valence-electron chi connectivity index (χ1n) is 9.88. The minimum Gasteiger partial charge on any atom is -0.497 e. The van der Waals surface area contributed by atoms with E-state index in [1.807, 2.05) is 0 Å². The van der Waals surface area contributed by atoms with Gasteiger partial charge in [-0.25, -0.2) is 8.42 Å². The zero-order valence-electron chi connectivity index (χ0n) is 17.7. The maximum Gasteiger partial charge on any atom is 0.309 e. The number of hydrogen-bond acceptors (Lipinski definition) is 8. The Labute approximate surface area is 185 Å². The summed E-state index contributed by atoms with van der Waals surface area (Å²) in [5, 5.41) is 11.0. The van der Waals surface area contributed by atoms with Crippen molar-refractivity contribution in [2.24, 2.45) is 5.92 Å². The zero-order valence-corrected chi connectivity index (χ0v) is 18.5. The number of nitro groups is 1. The average Bonchev–Trinajstić information content (AvgIpc) is 2.82. The Balaban J connectivity index is 1.59. The Morgan fingerprint density at radius 2 is 1.75 bits per heavy atom. The van der Waals surface area contributed by atoms with Crippen molar-refractivity contribution in [1.82, 2.24) is 4.31 Å². The molecule has 11 heteroatoms.